The van der Waals surface area contributed by atoms with Gasteiger partial charge in [0.2, 0.25) is 0 Å². The van der Waals surface area contributed by atoms with Crippen molar-refractivity contribution >= 4 is 5.91 Å². The van der Waals surface area contributed by atoms with Gasteiger partial charge in [0.05, 0.1) is 23.6 Å². The smallest absolute Gasteiger partial charge is 0.255 e. The van der Waals surface area contributed by atoms with Crippen LogP contribution in [0.15, 0.2) is 30.5 Å². The minimum atomic E-state index is -0.511. The Bertz CT molecular complexity index is 663. The summed E-state index contributed by atoms with van der Waals surface area (Å²) in [5.74, 6) is -0.356. The molecule has 3 N–H and O–H groups in total. The first-order valence-electron chi connectivity index (χ1n) is 7.90. The van der Waals surface area contributed by atoms with Gasteiger partial charge in [-0.1, -0.05) is 12.8 Å². The van der Waals surface area contributed by atoms with Crippen LogP contribution >= 0.6 is 0 Å². The molecule has 1 aromatic heterocycles. The Morgan fingerprint density at radius 2 is 2.04 bits per heavy atom. The number of nitrogens with zero attached hydrogens (tertiary/aromatic N) is 1. The number of benzene rings is 1. The van der Waals surface area contributed by atoms with E-state index in [1.54, 1.807) is 12.1 Å². The van der Waals surface area contributed by atoms with Crippen molar-refractivity contribution in [3.63, 3.8) is 0 Å². The molecule has 5 nitrogen and oxygen atoms in total. The lowest BCUT2D eigenvalue weighted by Gasteiger charge is -2.18. The Balaban J connectivity index is 1.66. The van der Waals surface area contributed by atoms with Gasteiger partial charge in [-0.3, -0.25) is 9.89 Å². The number of halogens is 1. The molecular formula is C17H20FN3O2. The third-order valence-electron chi connectivity index (χ3n) is 4.43. The van der Waals surface area contributed by atoms with Crippen LogP contribution in [0.4, 0.5) is 4.39 Å². The lowest BCUT2D eigenvalue weighted by atomic mass is 10.0. The first-order chi connectivity index (χ1) is 11.1. The third kappa shape index (κ3) is 3.59. The summed E-state index contributed by atoms with van der Waals surface area (Å²) in [5.41, 5.74) is 1.61. The van der Waals surface area contributed by atoms with Gasteiger partial charge in [-0.15, -0.1) is 0 Å². The zero-order valence-electron chi connectivity index (χ0n) is 12.8. The van der Waals surface area contributed by atoms with E-state index < -0.39 is 6.10 Å². The third-order valence-corrected chi connectivity index (χ3v) is 4.43. The first kappa shape index (κ1) is 15.7. The molecule has 1 amide bonds. The van der Waals surface area contributed by atoms with E-state index in [1.807, 2.05) is 0 Å². The van der Waals surface area contributed by atoms with E-state index in [4.69, 9.17) is 0 Å². The highest BCUT2D eigenvalue weighted by Crippen LogP contribution is 2.27. The summed E-state index contributed by atoms with van der Waals surface area (Å²) in [7, 11) is 0. The molecule has 0 bridgehead atoms. The maximum absolute atomic E-state index is 13.0. The van der Waals surface area contributed by atoms with Crippen molar-refractivity contribution in [2.24, 2.45) is 5.92 Å². The van der Waals surface area contributed by atoms with Crippen molar-refractivity contribution in [2.45, 2.75) is 31.8 Å². The highest BCUT2D eigenvalue weighted by Gasteiger charge is 2.24. The van der Waals surface area contributed by atoms with Crippen LogP contribution in [0.25, 0.3) is 11.3 Å². The van der Waals surface area contributed by atoms with E-state index in [-0.39, 0.29) is 24.2 Å². The number of nitrogens with one attached hydrogen (secondary N) is 2. The number of hydrogen-bond acceptors (Lipinski definition) is 3. The largest absolute Gasteiger partial charge is 0.391 e. The molecule has 2 aromatic rings. The van der Waals surface area contributed by atoms with Gasteiger partial charge in [-0.2, -0.15) is 5.10 Å². The lowest BCUT2D eigenvalue weighted by Crippen LogP contribution is -2.35. The van der Waals surface area contributed by atoms with Crippen molar-refractivity contribution in [3.05, 3.63) is 41.8 Å². The fraction of sp³-hybridized carbons (Fsp3) is 0.412. The van der Waals surface area contributed by atoms with E-state index in [2.05, 4.69) is 15.5 Å². The number of carbonyl (C=O) groups excluding carboxylic acids is 1. The van der Waals surface area contributed by atoms with Crippen LogP contribution in [0.5, 0.6) is 0 Å². The molecular weight excluding hydrogens is 297 g/mol. The maximum atomic E-state index is 13.0. The number of carbonyl (C=O) groups is 1. The van der Waals surface area contributed by atoms with Crippen LogP contribution in [0.2, 0.25) is 0 Å². The molecule has 3 rings (SSSR count). The van der Waals surface area contributed by atoms with E-state index >= 15 is 0 Å². The van der Waals surface area contributed by atoms with Crippen molar-refractivity contribution in [1.29, 1.82) is 0 Å². The van der Waals surface area contributed by atoms with Gasteiger partial charge in [0.25, 0.3) is 5.91 Å². The van der Waals surface area contributed by atoms with Crippen LogP contribution in [0.1, 0.15) is 36.0 Å². The van der Waals surface area contributed by atoms with Crippen LogP contribution in [0.3, 0.4) is 0 Å². The molecule has 6 heteroatoms. The summed E-state index contributed by atoms with van der Waals surface area (Å²) in [6, 6.07) is 5.85. The maximum Gasteiger partial charge on any atom is 0.255 e. The highest BCUT2D eigenvalue weighted by atomic mass is 19.1. The summed E-state index contributed by atoms with van der Waals surface area (Å²) in [5, 5.41) is 19.6. The Labute approximate surface area is 133 Å². The SMILES string of the molecule is O=C(NCC(O)C1CCCC1)c1cn[nH]c1-c1ccc(F)cc1. The molecule has 1 aliphatic carbocycles. The monoisotopic (exact) mass is 317 g/mol. The summed E-state index contributed by atoms with van der Waals surface area (Å²) in [4.78, 5) is 12.3. The topological polar surface area (TPSA) is 78.0 Å². The summed E-state index contributed by atoms with van der Waals surface area (Å²) < 4.78 is 13.0. The van der Waals surface area contributed by atoms with Crippen molar-refractivity contribution in [2.75, 3.05) is 6.54 Å². The molecule has 1 aliphatic rings. The Morgan fingerprint density at radius 1 is 1.35 bits per heavy atom. The van der Waals surface area contributed by atoms with Crippen LogP contribution in [0, 0.1) is 11.7 Å². The fourth-order valence-electron chi connectivity index (χ4n) is 3.10. The normalized spacial score (nSPS) is 16.4. The first-order valence-corrected chi connectivity index (χ1v) is 7.90. The molecule has 122 valence electrons. The molecule has 0 spiro atoms. The predicted molar refractivity (Wildman–Crippen MR) is 84.3 cm³/mol. The molecule has 0 saturated heterocycles. The molecule has 1 saturated carbocycles. The van der Waals surface area contributed by atoms with Gasteiger partial charge in [0.15, 0.2) is 0 Å². The average molecular weight is 317 g/mol. The summed E-state index contributed by atoms with van der Waals surface area (Å²) in [6.07, 6.45) is 5.25. The Kier molecular flexibility index (Phi) is 4.71. The van der Waals surface area contributed by atoms with E-state index in [0.29, 0.717) is 16.8 Å². The van der Waals surface area contributed by atoms with Gasteiger partial charge < -0.3 is 10.4 Å². The molecule has 23 heavy (non-hydrogen) atoms. The van der Waals surface area contributed by atoms with Crippen LogP contribution in [-0.2, 0) is 0 Å². The average Bonchev–Trinajstić information content (AvgIpc) is 3.24. The van der Waals surface area contributed by atoms with Gasteiger partial charge in [0.1, 0.15) is 5.82 Å². The second-order valence-electron chi connectivity index (χ2n) is 5.99. The van der Waals surface area contributed by atoms with Crippen LogP contribution < -0.4 is 5.32 Å². The van der Waals surface area contributed by atoms with Crippen LogP contribution in [-0.4, -0.2) is 33.9 Å². The van der Waals surface area contributed by atoms with E-state index in [0.717, 1.165) is 25.7 Å². The molecule has 0 aliphatic heterocycles. The van der Waals surface area contributed by atoms with E-state index in [1.165, 1.54) is 18.3 Å². The molecule has 1 atom stereocenters. The molecule has 1 fully saturated rings. The Hall–Kier alpha value is -2.21. The van der Waals surface area contributed by atoms with Gasteiger partial charge in [0, 0.05) is 12.1 Å². The lowest BCUT2D eigenvalue weighted by molar-refractivity contribution is 0.0841. The number of H-pyrrole nitrogens is 1. The number of aliphatic hydroxyl groups is 1. The standard InChI is InChI=1S/C17H20FN3O2/c18-13-7-5-12(6-8-13)16-14(9-20-21-16)17(23)19-10-15(22)11-3-1-2-4-11/h5-9,11,15,22H,1-4,10H2,(H,19,23)(H,20,21). The van der Waals surface area contributed by atoms with Crippen molar-refractivity contribution < 1.29 is 14.3 Å². The number of amides is 1. The second-order valence-corrected chi connectivity index (χ2v) is 5.99. The van der Waals surface area contributed by atoms with Gasteiger partial charge in [-0.05, 0) is 43.0 Å². The number of aliphatic hydroxyl groups excluding tert-OH is 1. The number of aromatic nitrogens is 2. The predicted octanol–water partition coefficient (Wildman–Crippen LogP) is 2.50. The molecule has 0 radical (unpaired) electrons. The zero-order valence-corrected chi connectivity index (χ0v) is 12.8. The van der Waals surface area contributed by atoms with Crippen molar-refractivity contribution in [1.82, 2.24) is 15.5 Å². The highest BCUT2D eigenvalue weighted by molar-refractivity contribution is 5.99. The van der Waals surface area contributed by atoms with Gasteiger partial charge >= 0.3 is 0 Å². The number of rotatable bonds is 5. The minimum Gasteiger partial charge on any atom is -0.391 e. The molecule has 1 heterocycles. The molecule has 1 aromatic carbocycles. The Morgan fingerprint density at radius 3 is 2.74 bits per heavy atom. The minimum absolute atomic E-state index is 0.234. The molecule has 1 unspecified atom stereocenters. The van der Waals surface area contributed by atoms with Gasteiger partial charge in [-0.25, -0.2) is 4.39 Å². The fourth-order valence-corrected chi connectivity index (χ4v) is 3.10. The van der Waals surface area contributed by atoms with E-state index in [9.17, 15) is 14.3 Å². The zero-order chi connectivity index (χ0) is 16.2. The summed E-state index contributed by atoms with van der Waals surface area (Å²) in [6.45, 7) is 0.234. The number of hydrogen-bond donors (Lipinski definition) is 3. The number of aromatic amines is 1. The summed E-state index contributed by atoms with van der Waals surface area (Å²) >= 11 is 0. The quantitative estimate of drug-likeness (QED) is 0.793. The van der Waals surface area contributed by atoms with Crippen molar-refractivity contribution in [3.8, 4) is 11.3 Å². The second kappa shape index (κ2) is 6.91.